The van der Waals surface area contributed by atoms with E-state index in [0.717, 1.165) is 22.8 Å². The number of hydrogen-bond acceptors (Lipinski definition) is 4. The monoisotopic (exact) mass is 526 g/mol. The van der Waals surface area contributed by atoms with Crippen molar-refractivity contribution in [2.75, 3.05) is 6.79 Å². The van der Waals surface area contributed by atoms with Crippen LogP contribution in [-0.2, 0) is 32.0 Å². The van der Waals surface area contributed by atoms with E-state index in [1.807, 2.05) is 24.3 Å². The summed E-state index contributed by atoms with van der Waals surface area (Å²) in [4.78, 5) is 10.9. The summed E-state index contributed by atoms with van der Waals surface area (Å²) in [6.07, 6.45) is 6.47. The highest BCUT2D eigenvalue weighted by Gasteiger charge is 2.61. The molecule has 0 radical (unpaired) electrons. The number of alkyl halides is 1. The maximum absolute atomic E-state index is 10.9. The number of aliphatic carboxylic acids is 1. The third kappa shape index (κ3) is 4.86. The lowest BCUT2D eigenvalue weighted by atomic mass is 9.92. The molecule has 2 atom stereocenters. The maximum Gasteiger partial charge on any atom is 0.328 e. The molecule has 0 amide bonds. The van der Waals surface area contributed by atoms with Gasteiger partial charge in [0.2, 0.25) is 5.06 Å². The molecule has 1 aliphatic carbocycles. The lowest BCUT2D eigenvalue weighted by Gasteiger charge is -2.39. The third-order valence-electron chi connectivity index (χ3n) is 5.31. The molecular formula is C24H18Cl4O5. The highest BCUT2D eigenvalue weighted by molar-refractivity contribution is 6.36. The second kappa shape index (κ2) is 9.80. The fourth-order valence-electron chi connectivity index (χ4n) is 3.69. The first-order valence-electron chi connectivity index (χ1n) is 9.86. The molecule has 1 N–H and O–H groups in total. The van der Waals surface area contributed by atoms with Crippen LogP contribution in [0.25, 0.3) is 6.08 Å². The Morgan fingerprint density at radius 2 is 1.82 bits per heavy atom. The minimum absolute atomic E-state index is 0.00755. The molecule has 2 aromatic rings. The number of fused-ring (bicyclic) bond motifs is 1. The first-order valence-corrected chi connectivity index (χ1v) is 11.4. The second-order valence-electron chi connectivity index (χ2n) is 7.42. The molecule has 0 bridgehead atoms. The first-order chi connectivity index (χ1) is 15.7. The molecule has 1 aliphatic heterocycles. The SMILES string of the molecule is O=C(O)C=Cc1ccccc1CC1=CC2(Cl)OCOC2(OCc2c(Cl)cccc2Cl)C(Cl)=C1. The van der Waals surface area contributed by atoms with E-state index in [-0.39, 0.29) is 18.4 Å². The summed E-state index contributed by atoms with van der Waals surface area (Å²) >= 11 is 26.0. The Bertz CT molecular complexity index is 1150. The van der Waals surface area contributed by atoms with E-state index < -0.39 is 16.8 Å². The van der Waals surface area contributed by atoms with Crippen LogP contribution in [0.2, 0.25) is 10.0 Å². The van der Waals surface area contributed by atoms with Gasteiger partial charge in [-0.25, -0.2) is 4.79 Å². The Balaban J connectivity index is 1.61. The summed E-state index contributed by atoms with van der Waals surface area (Å²) in [7, 11) is 0. The van der Waals surface area contributed by atoms with Crippen molar-refractivity contribution in [2.45, 2.75) is 23.9 Å². The van der Waals surface area contributed by atoms with Gasteiger partial charge >= 0.3 is 5.97 Å². The number of hydrogen-bond donors (Lipinski definition) is 1. The van der Waals surface area contributed by atoms with Crippen molar-refractivity contribution in [2.24, 2.45) is 0 Å². The van der Waals surface area contributed by atoms with Crippen LogP contribution in [-0.4, -0.2) is 28.7 Å². The van der Waals surface area contributed by atoms with Crippen LogP contribution >= 0.6 is 46.4 Å². The van der Waals surface area contributed by atoms with E-state index in [2.05, 4.69) is 0 Å². The van der Waals surface area contributed by atoms with Crippen LogP contribution in [0.1, 0.15) is 16.7 Å². The second-order valence-corrected chi connectivity index (χ2v) is 9.20. The Hall–Kier alpha value is -1.83. The highest BCUT2D eigenvalue weighted by atomic mass is 35.5. The van der Waals surface area contributed by atoms with Gasteiger partial charge in [-0.2, -0.15) is 0 Å². The maximum atomic E-state index is 10.9. The topological polar surface area (TPSA) is 65.0 Å². The van der Waals surface area contributed by atoms with E-state index in [0.29, 0.717) is 22.0 Å². The molecule has 2 unspecified atom stereocenters. The molecular weight excluding hydrogens is 510 g/mol. The molecule has 1 fully saturated rings. The molecule has 33 heavy (non-hydrogen) atoms. The van der Waals surface area contributed by atoms with Gasteiger partial charge in [0.15, 0.2) is 6.79 Å². The third-order valence-corrected chi connectivity index (χ3v) is 6.85. The van der Waals surface area contributed by atoms with E-state index in [4.69, 9.17) is 65.7 Å². The molecule has 1 saturated heterocycles. The zero-order valence-electron chi connectivity index (χ0n) is 17.1. The number of carboxylic acids is 1. The Morgan fingerprint density at radius 1 is 1.09 bits per heavy atom. The van der Waals surface area contributed by atoms with Crippen molar-refractivity contribution in [1.82, 2.24) is 0 Å². The molecule has 9 heteroatoms. The minimum Gasteiger partial charge on any atom is -0.478 e. The summed E-state index contributed by atoms with van der Waals surface area (Å²) in [6.45, 7) is -0.141. The molecule has 2 aromatic carbocycles. The molecule has 5 nitrogen and oxygen atoms in total. The van der Waals surface area contributed by atoms with Gasteiger partial charge in [-0.1, -0.05) is 76.7 Å². The lowest BCUT2D eigenvalue weighted by molar-refractivity contribution is -0.195. The smallest absolute Gasteiger partial charge is 0.328 e. The van der Waals surface area contributed by atoms with Crippen LogP contribution in [0, 0.1) is 0 Å². The van der Waals surface area contributed by atoms with Crippen molar-refractivity contribution in [3.63, 3.8) is 0 Å². The average molecular weight is 528 g/mol. The number of allylic oxidation sites excluding steroid dienone is 2. The average Bonchev–Trinajstić information content (AvgIpc) is 3.10. The van der Waals surface area contributed by atoms with E-state index in [9.17, 15) is 4.79 Å². The van der Waals surface area contributed by atoms with Crippen LogP contribution in [0.4, 0.5) is 0 Å². The zero-order valence-corrected chi connectivity index (χ0v) is 20.1. The van der Waals surface area contributed by atoms with E-state index in [1.54, 1.807) is 36.4 Å². The molecule has 172 valence electrons. The summed E-state index contributed by atoms with van der Waals surface area (Å²) < 4.78 is 17.5. The lowest BCUT2D eigenvalue weighted by Crippen LogP contribution is -2.51. The summed E-state index contributed by atoms with van der Waals surface area (Å²) in [5.41, 5.74) is 2.98. The van der Waals surface area contributed by atoms with Gasteiger partial charge < -0.3 is 19.3 Å². The van der Waals surface area contributed by atoms with Crippen LogP contribution in [0.15, 0.2) is 71.3 Å². The van der Waals surface area contributed by atoms with Gasteiger partial charge in [0.05, 0.1) is 11.6 Å². The van der Waals surface area contributed by atoms with E-state index >= 15 is 0 Å². The molecule has 2 aliphatic rings. The van der Waals surface area contributed by atoms with Crippen molar-refractivity contribution in [1.29, 1.82) is 0 Å². The standard InChI is InChI=1S/C24H18Cl4O5/c25-19-6-3-7-20(26)18(19)13-31-24-21(27)11-15(12-23(24,28)32-14-33-24)10-17-5-2-1-4-16(17)8-9-22(29)30/h1-9,11-12H,10,13-14H2,(H,29,30). The largest absolute Gasteiger partial charge is 0.478 e. The zero-order chi connectivity index (χ0) is 23.6. The van der Waals surface area contributed by atoms with Crippen molar-refractivity contribution < 1.29 is 24.1 Å². The summed E-state index contributed by atoms with van der Waals surface area (Å²) in [5.74, 6) is -2.61. The number of benzene rings is 2. The fourth-order valence-corrected chi connectivity index (χ4v) is 5.03. The van der Waals surface area contributed by atoms with Gasteiger partial charge in [-0.3, -0.25) is 0 Å². The predicted octanol–water partition coefficient (Wildman–Crippen LogP) is 6.55. The molecule has 0 aromatic heterocycles. The van der Waals surface area contributed by atoms with Crippen molar-refractivity contribution in [3.8, 4) is 0 Å². The molecule has 1 heterocycles. The summed E-state index contributed by atoms with van der Waals surface area (Å²) in [5, 5.41) is 8.52. The van der Waals surface area contributed by atoms with Crippen LogP contribution < -0.4 is 0 Å². The fraction of sp³-hybridized carbons (Fsp3) is 0.208. The number of carboxylic acid groups (broad SMARTS) is 1. The van der Waals surface area contributed by atoms with Gasteiger partial charge in [0, 0.05) is 21.7 Å². The number of rotatable bonds is 7. The molecule has 4 rings (SSSR count). The number of ether oxygens (including phenoxy) is 3. The quantitative estimate of drug-likeness (QED) is 0.326. The Labute approximate surface area is 210 Å². The molecule has 0 spiro atoms. The van der Waals surface area contributed by atoms with Gasteiger partial charge in [-0.05, 0) is 53.5 Å². The number of halogens is 4. The highest BCUT2D eigenvalue weighted by Crippen LogP contribution is 2.51. The van der Waals surface area contributed by atoms with Gasteiger partial charge in [-0.15, -0.1) is 0 Å². The first kappa shape index (κ1) is 24.3. The van der Waals surface area contributed by atoms with E-state index in [1.165, 1.54) is 0 Å². The van der Waals surface area contributed by atoms with Crippen molar-refractivity contribution in [3.05, 3.63) is 98.0 Å². The Kier molecular flexibility index (Phi) is 7.22. The van der Waals surface area contributed by atoms with Crippen LogP contribution in [0.3, 0.4) is 0 Å². The van der Waals surface area contributed by atoms with Crippen molar-refractivity contribution >= 4 is 58.4 Å². The number of carbonyl (C=O) groups is 1. The predicted molar refractivity (Wildman–Crippen MR) is 128 cm³/mol. The summed E-state index contributed by atoms with van der Waals surface area (Å²) in [6, 6.07) is 12.6. The normalized spacial score (nSPS) is 24.5. The van der Waals surface area contributed by atoms with Crippen LogP contribution in [0.5, 0.6) is 0 Å². The van der Waals surface area contributed by atoms with Gasteiger partial charge in [0.25, 0.3) is 5.79 Å². The van der Waals surface area contributed by atoms with Gasteiger partial charge in [0.1, 0.15) is 0 Å². The molecule has 0 saturated carbocycles. The Morgan fingerprint density at radius 3 is 2.55 bits per heavy atom. The minimum atomic E-state index is -1.58.